The number of Topliss-reactive ketones (excluding diaryl/α,β-unsaturated/α-hetero) is 1. The second-order valence-corrected chi connectivity index (χ2v) is 10.2. The molecule has 9 heteroatoms. The molecule has 1 atom stereocenters. The van der Waals surface area contributed by atoms with Gasteiger partial charge in [0.15, 0.2) is 5.54 Å². The number of nitrogens with zero attached hydrogens (tertiary/aromatic N) is 3. The predicted octanol–water partition coefficient (Wildman–Crippen LogP) is 3.22. The second-order valence-electron chi connectivity index (χ2n) is 10.2. The summed E-state index contributed by atoms with van der Waals surface area (Å²) < 4.78 is 11.1. The van der Waals surface area contributed by atoms with E-state index in [1.165, 1.54) is 4.90 Å². The molecule has 3 aliphatic rings. The van der Waals surface area contributed by atoms with Gasteiger partial charge in [0.1, 0.15) is 18.1 Å². The van der Waals surface area contributed by atoms with Gasteiger partial charge in [-0.15, -0.1) is 0 Å². The molecule has 5 rings (SSSR count). The summed E-state index contributed by atoms with van der Waals surface area (Å²) in [6, 6.07) is 12.3. The van der Waals surface area contributed by atoms with Crippen LogP contribution >= 0.6 is 0 Å². The Morgan fingerprint density at radius 2 is 1.85 bits per heavy atom. The Labute approximate surface area is 234 Å². The van der Waals surface area contributed by atoms with Crippen LogP contribution in [0.4, 0.5) is 5.69 Å². The molecule has 2 saturated heterocycles. The molecule has 2 amide bonds. The predicted molar refractivity (Wildman–Crippen MR) is 151 cm³/mol. The van der Waals surface area contributed by atoms with E-state index in [4.69, 9.17) is 9.47 Å². The zero-order valence-corrected chi connectivity index (χ0v) is 23.0. The third-order valence-electron chi connectivity index (χ3n) is 7.81. The maximum atomic E-state index is 14.5. The molecule has 1 N–H and O–H groups in total. The summed E-state index contributed by atoms with van der Waals surface area (Å²) in [5.74, 6) is -1.84. The summed E-state index contributed by atoms with van der Waals surface area (Å²) >= 11 is 0. The number of aryl methyl sites for hydroxylation is 1. The van der Waals surface area contributed by atoms with Crippen LogP contribution in [-0.2, 0) is 24.7 Å². The summed E-state index contributed by atoms with van der Waals surface area (Å²) in [5, 5.41) is 11.7. The van der Waals surface area contributed by atoms with Crippen molar-refractivity contribution in [2.24, 2.45) is 0 Å². The van der Waals surface area contributed by atoms with Crippen molar-refractivity contribution in [3.8, 4) is 5.75 Å². The van der Waals surface area contributed by atoms with Crippen molar-refractivity contribution in [1.29, 1.82) is 0 Å². The molecule has 1 unspecified atom stereocenters. The van der Waals surface area contributed by atoms with Crippen LogP contribution in [0.1, 0.15) is 30.0 Å². The van der Waals surface area contributed by atoms with Gasteiger partial charge in [0.2, 0.25) is 0 Å². The lowest BCUT2D eigenvalue weighted by Gasteiger charge is -2.36. The molecule has 2 fully saturated rings. The number of hydrogen-bond acceptors (Lipinski definition) is 7. The van der Waals surface area contributed by atoms with Crippen LogP contribution in [0.25, 0.3) is 5.76 Å². The molecule has 0 aromatic heterocycles. The average Bonchev–Trinajstić information content (AvgIpc) is 3.34. The van der Waals surface area contributed by atoms with Crippen LogP contribution in [0.5, 0.6) is 5.75 Å². The first-order valence-corrected chi connectivity index (χ1v) is 13.7. The smallest absolute Gasteiger partial charge is 0.296 e. The molecule has 9 nitrogen and oxygen atoms in total. The zero-order valence-electron chi connectivity index (χ0n) is 23.0. The lowest BCUT2D eigenvalue weighted by molar-refractivity contribution is -0.144. The summed E-state index contributed by atoms with van der Waals surface area (Å²) in [6.07, 6.45) is 2.32. The highest BCUT2D eigenvalue weighted by Gasteiger charge is 2.67. The molecule has 3 heterocycles. The number of para-hydroxylation sites is 1. The van der Waals surface area contributed by atoms with E-state index >= 15 is 0 Å². The number of carbonyl (C=O) groups is 3. The number of ketones is 1. The van der Waals surface area contributed by atoms with Gasteiger partial charge in [0.25, 0.3) is 17.6 Å². The number of anilines is 1. The Morgan fingerprint density at radius 3 is 2.55 bits per heavy atom. The van der Waals surface area contributed by atoms with Gasteiger partial charge in [0.05, 0.1) is 24.5 Å². The third-order valence-corrected chi connectivity index (χ3v) is 7.81. The van der Waals surface area contributed by atoms with E-state index in [9.17, 15) is 19.5 Å². The number of rotatable bonds is 9. The highest BCUT2D eigenvalue weighted by Crippen LogP contribution is 2.53. The van der Waals surface area contributed by atoms with Crippen LogP contribution in [0, 0.1) is 6.92 Å². The quantitative estimate of drug-likeness (QED) is 0.224. The minimum absolute atomic E-state index is 0.148. The number of aliphatic hydroxyl groups is 1. The fraction of sp³-hybridized carbons (Fsp3) is 0.387. The molecule has 3 aliphatic heterocycles. The average molecular weight is 546 g/mol. The number of amides is 2. The number of likely N-dealkylation sites (tertiary alicyclic amines) is 1. The lowest BCUT2D eigenvalue weighted by Crippen LogP contribution is -2.54. The maximum Gasteiger partial charge on any atom is 0.296 e. The fourth-order valence-corrected chi connectivity index (χ4v) is 5.93. The monoisotopic (exact) mass is 545 g/mol. The van der Waals surface area contributed by atoms with E-state index in [0.717, 1.165) is 5.56 Å². The minimum atomic E-state index is -1.76. The van der Waals surface area contributed by atoms with Gasteiger partial charge >= 0.3 is 0 Å². The van der Waals surface area contributed by atoms with Crippen molar-refractivity contribution in [1.82, 2.24) is 9.80 Å². The van der Waals surface area contributed by atoms with Gasteiger partial charge < -0.3 is 24.4 Å². The van der Waals surface area contributed by atoms with E-state index in [-0.39, 0.29) is 17.9 Å². The summed E-state index contributed by atoms with van der Waals surface area (Å²) in [5.41, 5.74) is 0.263. The van der Waals surface area contributed by atoms with Crippen LogP contribution in [0.2, 0.25) is 0 Å². The second kappa shape index (κ2) is 11.3. The van der Waals surface area contributed by atoms with Gasteiger partial charge in [-0.25, -0.2) is 0 Å². The van der Waals surface area contributed by atoms with Crippen LogP contribution in [-0.4, -0.2) is 85.0 Å². The number of morpholine rings is 1. The van der Waals surface area contributed by atoms with E-state index in [1.807, 2.05) is 26.0 Å². The first-order chi connectivity index (χ1) is 19.4. The molecule has 40 heavy (non-hydrogen) atoms. The van der Waals surface area contributed by atoms with Crippen LogP contribution < -0.4 is 9.64 Å². The standard InChI is InChI=1S/C31H35N3O6/c1-4-12-33-24-9-7-6-8-23(24)31(30(33)38)26(27(35)22-10-11-25(21(3)20-22)40-17-5-2)28(36)29(37)34(31)14-13-32-15-18-39-19-16-32/h5-11,20,35H,2,4,12-19H2,1,3H3/b27-26-. The van der Waals surface area contributed by atoms with Gasteiger partial charge in [-0.05, 0) is 43.2 Å². The molecular formula is C31H35N3O6. The highest BCUT2D eigenvalue weighted by molar-refractivity contribution is 6.50. The van der Waals surface area contributed by atoms with Gasteiger partial charge in [0, 0.05) is 43.9 Å². The molecule has 2 aromatic carbocycles. The number of aliphatic hydroxyl groups excluding tert-OH is 1. The van der Waals surface area contributed by atoms with Crippen molar-refractivity contribution in [2.45, 2.75) is 25.8 Å². The first kappa shape index (κ1) is 27.6. The van der Waals surface area contributed by atoms with Gasteiger partial charge in [-0.3, -0.25) is 19.3 Å². The molecule has 0 radical (unpaired) electrons. The van der Waals surface area contributed by atoms with Crippen LogP contribution in [0.3, 0.4) is 0 Å². The SMILES string of the molecule is C=CCOc1ccc(/C(O)=C2\C(=O)C(=O)N(CCN3CCOCC3)C23C(=O)N(CCC)c2ccccc23)cc1C. The van der Waals surface area contributed by atoms with Crippen LogP contribution in [0.15, 0.2) is 60.7 Å². The molecule has 0 aliphatic carbocycles. The van der Waals surface area contributed by atoms with E-state index in [0.29, 0.717) is 75.0 Å². The fourth-order valence-electron chi connectivity index (χ4n) is 5.93. The lowest BCUT2D eigenvalue weighted by atomic mass is 9.81. The van der Waals surface area contributed by atoms with E-state index in [1.54, 1.807) is 41.3 Å². The Morgan fingerprint density at radius 1 is 1.10 bits per heavy atom. The molecule has 2 aromatic rings. The zero-order chi connectivity index (χ0) is 28.4. The number of ether oxygens (including phenoxy) is 2. The minimum Gasteiger partial charge on any atom is -0.507 e. The van der Waals surface area contributed by atoms with Crippen molar-refractivity contribution in [3.05, 3.63) is 77.4 Å². The normalized spacial score (nSPS) is 22.3. The van der Waals surface area contributed by atoms with Gasteiger partial charge in [-0.2, -0.15) is 0 Å². The largest absolute Gasteiger partial charge is 0.507 e. The molecule has 210 valence electrons. The number of benzene rings is 2. The molecule has 1 spiro atoms. The molecule has 0 bridgehead atoms. The Balaban J connectivity index is 1.68. The van der Waals surface area contributed by atoms with Crippen molar-refractivity contribution in [2.75, 3.05) is 57.4 Å². The Kier molecular flexibility index (Phi) is 7.78. The van der Waals surface area contributed by atoms with E-state index < -0.39 is 23.1 Å². The Bertz CT molecular complexity index is 1380. The summed E-state index contributed by atoms with van der Waals surface area (Å²) in [6.45, 7) is 11.4. The van der Waals surface area contributed by atoms with Crippen molar-refractivity contribution >= 4 is 29.0 Å². The molecular weight excluding hydrogens is 510 g/mol. The Hall–Kier alpha value is -3.95. The highest BCUT2D eigenvalue weighted by atomic mass is 16.5. The number of carbonyl (C=O) groups excluding carboxylic acids is 3. The summed E-state index contributed by atoms with van der Waals surface area (Å²) in [7, 11) is 0. The topological polar surface area (TPSA) is 99.6 Å². The summed E-state index contributed by atoms with van der Waals surface area (Å²) in [4.78, 5) is 47.2. The molecule has 0 saturated carbocycles. The maximum absolute atomic E-state index is 14.5. The van der Waals surface area contributed by atoms with E-state index in [2.05, 4.69) is 11.5 Å². The van der Waals surface area contributed by atoms with Gasteiger partial charge in [-0.1, -0.05) is 37.8 Å². The first-order valence-electron chi connectivity index (χ1n) is 13.7. The van der Waals surface area contributed by atoms with Crippen molar-refractivity contribution < 1.29 is 29.0 Å². The van der Waals surface area contributed by atoms with Crippen molar-refractivity contribution in [3.63, 3.8) is 0 Å². The third kappa shape index (κ3) is 4.39. The number of fused-ring (bicyclic) bond motifs is 2. The number of hydrogen-bond donors (Lipinski definition) is 1.